The van der Waals surface area contributed by atoms with E-state index in [4.69, 9.17) is 34.6 Å². The van der Waals surface area contributed by atoms with Crippen molar-refractivity contribution < 1.29 is 43.4 Å². The molecule has 24 nitrogen and oxygen atoms in total. The van der Waals surface area contributed by atoms with Crippen molar-refractivity contribution in [3.8, 4) is 43.4 Å². The Hall–Kier alpha value is -7.82. The number of aryl methyl sites for hydroxylation is 1. The van der Waals surface area contributed by atoms with Crippen LogP contribution >= 0.6 is 89.6 Å². The molecule has 0 fully saturated rings. The summed E-state index contributed by atoms with van der Waals surface area (Å²) in [6.45, 7) is 10.3. The Kier molecular flexibility index (Phi) is 21.0. The standard InChI is InChI=1S/C58H57N15O9S8/c1-27(2)41-56-73-44(37(89-56)26-87-90-57-61-17-11-18-62-57)49(80)63-21-39(75)70-45(46(77)29-12-9-8-10-13-29)55-69-36(25-86-55)53-66-33(22-84-53)43-30(14-15-31(64-43)52-68-34(23-85-52)47(78)60-19-16-40(76)82-58(4,5)6)51-67-35(24-83-51)48(79)65-32(20-38(74)59-7)54-72-42(28(3)88-54)50(81)71-41/h8-15,17-18,22-25,27,32,41,45-46,77H,16,19-21,26H2,1-7H3,(H,59,74)(H,60,78)(H,63,80)(H,65,79)(H,70,75)(H,71,81). The highest BCUT2D eigenvalue weighted by Crippen LogP contribution is 2.41. The van der Waals surface area contributed by atoms with Gasteiger partial charge in [-0.15, -0.1) is 68.0 Å². The molecule has 90 heavy (non-hydrogen) atoms. The lowest BCUT2D eigenvalue weighted by Gasteiger charge is -2.23. The van der Waals surface area contributed by atoms with Gasteiger partial charge in [0.15, 0.2) is 5.16 Å². The van der Waals surface area contributed by atoms with Gasteiger partial charge in [0.1, 0.15) is 87.7 Å². The number of hydrogen-bond donors (Lipinski definition) is 7. The smallest absolute Gasteiger partial charge is 0.308 e. The number of pyridine rings is 1. The van der Waals surface area contributed by atoms with Crippen LogP contribution in [0.1, 0.15) is 144 Å². The van der Waals surface area contributed by atoms with Crippen molar-refractivity contribution in [2.45, 2.75) is 95.1 Å². The maximum Gasteiger partial charge on any atom is 0.308 e. The van der Waals surface area contributed by atoms with Gasteiger partial charge in [-0.1, -0.05) is 55.0 Å². The summed E-state index contributed by atoms with van der Waals surface area (Å²) in [6.07, 6.45) is 1.68. The summed E-state index contributed by atoms with van der Waals surface area (Å²) < 4.78 is 5.37. The number of aromatic nitrogens is 9. The Labute approximate surface area is 547 Å². The number of benzene rings is 1. The normalized spacial score (nSPS) is 16.1. The van der Waals surface area contributed by atoms with Gasteiger partial charge >= 0.3 is 5.97 Å². The van der Waals surface area contributed by atoms with Crippen molar-refractivity contribution >= 4 is 131 Å². The average molecular weight is 1360 g/mol. The molecule has 9 aromatic rings. The zero-order valence-electron chi connectivity index (χ0n) is 49.0. The van der Waals surface area contributed by atoms with E-state index < -0.39 is 77.8 Å². The van der Waals surface area contributed by atoms with E-state index in [9.17, 15) is 38.7 Å². The molecule has 32 heteroatoms. The zero-order chi connectivity index (χ0) is 63.8. The molecule has 8 aromatic heterocycles. The van der Waals surface area contributed by atoms with E-state index in [1.165, 1.54) is 74.0 Å². The molecule has 7 N–H and O–H groups in total. The second kappa shape index (κ2) is 29.0. The molecule has 1 aliphatic heterocycles. The lowest BCUT2D eigenvalue weighted by Crippen LogP contribution is -2.40. The number of esters is 1. The minimum absolute atomic E-state index is 0.0127. The molecule has 6 amide bonds. The number of aliphatic hydroxyl groups excluding tert-OH is 1. The summed E-state index contributed by atoms with van der Waals surface area (Å²) in [5, 5.41) is 38.4. The van der Waals surface area contributed by atoms with E-state index in [-0.39, 0.29) is 58.8 Å². The van der Waals surface area contributed by atoms with Crippen LogP contribution in [0.2, 0.25) is 0 Å². The number of nitrogens with zero attached hydrogens (tertiary/aromatic N) is 9. The van der Waals surface area contributed by atoms with Crippen LogP contribution in [0.5, 0.6) is 0 Å². The van der Waals surface area contributed by atoms with Crippen molar-refractivity contribution in [3.05, 3.63) is 136 Å². The van der Waals surface area contributed by atoms with Gasteiger partial charge < -0.3 is 41.7 Å². The molecule has 10 bridgehead atoms. The fourth-order valence-corrected chi connectivity index (χ4v) is 16.5. The van der Waals surface area contributed by atoms with Gasteiger partial charge in [0.2, 0.25) is 11.8 Å². The number of ether oxygens (including phenoxy) is 1. The highest BCUT2D eigenvalue weighted by Gasteiger charge is 2.33. The fraction of sp³-hybridized carbons (Fsp3) is 0.310. The van der Waals surface area contributed by atoms with E-state index in [0.717, 1.165) is 22.7 Å². The Bertz CT molecular complexity index is 4100. The van der Waals surface area contributed by atoms with Crippen LogP contribution in [0.4, 0.5) is 0 Å². The van der Waals surface area contributed by atoms with E-state index in [2.05, 4.69) is 46.9 Å². The molecule has 0 radical (unpaired) electrons. The number of amides is 6. The highest BCUT2D eigenvalue weighted by molar-refractivity contribution is 8.76. The van der Waals surface area contributed by atoms with Crippen molar-refractivity contribution in [2.24, 2.45) is 5.92 Å². The lowest BCUT2D eigenvalue weighted by atomic mass is 10.0. The van der Waals surface area contributed by atoms with Crippen LogP contribution in [-0.2, 0) is 24.9 Å². The first-order chi connectivity index (χ1) is 43.2. The quantitative estimate of drug-likeness (QED) is 0.0303. The van der Waals surface area contributed by atoms with Crippen LogP contribution in [0, 0.1) is 12.8 Å². The third-order valence-corrected chi connectivity index (χ3v) is 21.1. The molecule has 4 atom stereocenters. The molecule has 4 unspecified atom stereocenters. The Morgan fingerprint density at radius 1 is 0.711 bits per heavy atom. The molecule has 466 valence electrons. The van der Waals surface area contributed by atoms with Crippen LogP contribution < -0.4 is 31.9 Å². The topological polar surface area (TPSA) is 337 Å². The average Bonchev–Trinajstić information content (AvgIpc) is 1.91. The number of hydrogen-bond acceptors (Lipinski definition) is 26. The Balaban J connectivity index is 1.02. The van der Waals surface area contributed by atoms with Crippen molar-refractivity contribution in [2.75, 3.05) is 20.1 Å². The molecule has 9 heterocycles. The Morgan fingerprint density at radius 3 is 2.18 bits per heavy atom. The molecule has 1 aromatic carbocycles. The SMILES string of the molecule is CNC(=O)CC1NC(=O)c2csc(n2)-c2ccc(-c3nc(C(=O)NCCC(=O)OC(C)(C)C)cs3)nc2-c2csc(n2)-c2csc(n2)C(C(O)c2ccccc2)NC(=O)CNC(=O)c2nc(sc2CSSc2ncccn2)C(C(C)C)NC(=O)c2nc1sc2C. The molecule has 0 aliphatic carbocycles. The second-order valence-corrected chi connectivity index (χ2v) is 29.3. The number of fused-ring (bicyclic) bond motifs is 14. The maximum atomic E-state index is 14.5. The predicted molar refractivity (Wildman–Crippen MR) is 348 cm³/mol. The van der Waals surface area contributed by atoms with Gasteiger partial charge in [-0.05, 0) is 68.2 Å². The minimum Gasteiger partial charge on any atom is -0.460 e. The molecule has 10 rings (SSSR count). The van der Waals surface area contributed by atoms with Gasteiger partial charge in [-0.25, -0.2) is 44.9 Å². The van der Waals surface area contributed by atoms with Gasteiger partial charge in [0, 0.05) is 68.6 Å². The largest absolute Gasteiger partial charge is 0.460 e. The monoisotopic (exact) mass is 1360 g/mol. The highest BCUT2D eigenvalue weighted by atomic mass is 33.1. The van der Waals surface area contributed by atoms with Crippen LogP contribution in [-0.4, -0.2) is 117 Å². The zero-order valence-corrected chi connectivity index (χ0v) is 55.5. The molecular formula is C58H57N15O9S8. The number of aliphatic hydroxyl groups is 1. The summed E-state index contributed by atoms with van der Waals surface area (Å²) in [7, 11) is 4.15. The number of carbonyl (C=O) groups excluding carboxylic acids is 7. The van der Waals surface area contributed by atoms with Crippen LogP contribution in [0.15, 0.2) is 87.6 Å². The van der Waals surface area contributed by atoms with E-state index in [1.54, 1.807) is 110 Å². The first-order valence-electron chi connectivity index (χ1n) is 27.7. The van der Waals surface area contributed by atoms with Crippen molar-refractivity contribution in [1.82, 2.24) is 76.8 Å². The van der Waals surface area contributed by atoms with Gasteiger partial charge in [0.05, 0.1) is 37.2 Å². The summed E-state index contributed by atoms with van der Waals surface area (Å²) in [6, 6.07) is 11.1. The predicted octanol–water partition coefficient (Wildman–Crippen LogP) is 9.36. The van der Waals surface area contributed by atoms with Crippen LogP contribution in [0.3, 0.4) is 0 Å². The third-order valence-electron chi connectivity index (χ3n) is 13.1. The number of carbonyl (C=O) groups is 7. The van der Waals surface area contributed by atoms with Crippen LogP contribution in [0.25, 0.3) is 43.4 Å². The Morgan fingerprint density at radius 2 is 1.42 bits per heavy atom. The van der Waals surface area contributed by atoms with E-state index >= 15 is 0 Å². The first kappa shape index (κ1) is 65.1. The van der Waals surface area contributed by atoms with Crippen molar-refractivity contribution in [3.63, 3.8) is 0 Å². The summed E-state index contributed by atoms with van der Waals surface area (Å²) >= 11 is 7.14. The lowest BCUT2D eigenvalue weighted by molar-refractivity contribution is -0.154. The summed E-state index contributed by atoms with van der Waals surface area (Å²) in [5.74, 6) is -3.86. The summed E-state index contributed by atoms with van der Waals surface area (Å²) in [5.41, 5.74) is 2.02. The number of rotatable bonds is 14. The molecular weight excluding hydrogens is 1310 g/mol. The van der Waals surface area contributed by atoms with Gasteiger partial charge in [-0.2, -0.15) is 0 Å². The first-order valence-corrected chi connectivity index (χ1v) is 35.2. The second-order valence-electron chi connectivity index (χ2n) is 21.2. The van der Waals surface area contributed by atoms with Gasteiger partial charge in [-0.3, -0.25) is 33.6 Å². The van der Waals surface area contributed by atoms with E-state index in [0.29, 0.717) is 73.9 Å². The number of thiazole rings is 6. The third kappa shape index (κ3) is 16.0. The summed E-state index contributed by atoms with van der Waals surface area (Å²) in [4.78, 5) is 140. The molecule has 0 saturated heterocycles. The molecule has 0 saturated carbocycles. The van der Waals surface area contributed by atoms with E-state index in [1.807, 2.05) is 13.8 Å². The minimum atomic E-state index is -1.30. The van der Waals surface area contributed by atoms with Gasteiger partial charge in [0.25, 0.3) is 23.6 Å². The van der Waals surface area contributed by atoms with Crippen molar-refractivity contribution in [1.29, 1.82) is 0 Å². The maximum absolute atomic E-state index is 14.5. The number of nitrogens with one attached hydrogen (secondary N) is 6. The fourth-order valence-electron chi connectivity index (χ4n) is 8.78. The molecule has 0 spiro atoms. The molecule has 1 aliphatic rings.